The molecule has 24 atom stereocenters. The van der Waals surface area contributed by atoms with Gasteiger partial charge in [0.15, 0.2) is 0 Å². The second kappa shape index (κ2) is 50.1. The first-order valence-corrected chi connectivity index (χ1v) is 72.1. The fourth-order valence-electron chi connectivity index (χ4n) is 29.8. The minimum absolute atomic E-state index is 0. The first kappa shape index (κ1) is 127. The maximum atomic E-state index is 4.93. The molecular formula is C133H194Cl6Zr3. The molecule has 24 unspecified atom stereocenters. The van der Waals surface area contributed by atoms with Gasteiger partial charge in [0.2, 0.25) is 0 Å². The van der Waals surface area contributed by atoms with Crippen LogP contribution in [0.3, 0.4) is 0 Å². The molecule has 18 rings (SSSR count). The number of halogens is 6. The van der Waals surface area contributed by atoms with E-state index >= 15 is 0 Å². The predicted octanol–water partition coefficient (Wildman–Crippen LogP) is 42.3. The summed E-state index contributed by atoms with van der Waals surface area (Å²) in [5.74, 6) is 17.0. The van der Waals surface area contributed by atoms with Gasteiger partial charge in [-0.25, -0.2) is 0 Å². The first-order chi connectivity index (χ1) is 63.4. The van der Waals surface area contributed by atoms with E-state index < -0.39 is 62.5 Å². The van der Waals surface area contributed by atoms with Crippen molar-refractivity contribution in [3.05, 3.63) is 330 Å². The van der Waals surface area contributed by atoms with E-state index in [9.17, 15) is 0 Å². The van der Waals surface area contributed by atoms with Crippen LogP contribution in [0.1, 0.15) is 325 Å². The molecule has 0 bridgehead atoms. The quantitative estimate of drug-likeness (QED) is 0.139. The van der Waals surface area contributed by atoms with Gasteiger partial charge in [-0.05, 0) is 350 Å². The summed E-state index contributed by atoms with van der Waals surface area (Å²) >= 11 is -2.48. The van der Waals surface area contributed by atoms with Gasteiger partial charge >= 0.3 is 114 Å². The summed E-state index contributed by atoms with van der Waals surface area (Å²) < 4.78 is 0. The van der Waals surface area contributed by atoms with Gasteiger partial charge in [0.1, 0.15) is 0 Å². The molecule has 780 valence electrons. The molecule has 0 radical (unpaired) electrons. The van der Waals surface area contributed by atoms with Crippen molar-refractivity contribution in [2.45, 2.75) is 303 Å². The normalized spacial score (nSPS) is 32.5. The molecule has 0 aliphatic heterocycles. The molecule has 4 aromatic rings. The summed E-state index contributed by atoms with van der Waals surface area (Å²) in [5.41, 5.74) is 22.0. The number of rotatable bonds is 10. The number of benzene rings is 4. The summed E-state index contributed by atoms with van der Waals surface area (Å²) in [4.78, 5) is 0. The summed E-state index contributed by atoms with van der Waals surface area (Å²) in [6.45, 7) is 76.5. The molecule has 4 aromatic carbocycles. The zero-order valence-electron chi connectivity index (χ0n) is 95.7. The van der Waals surface area contributed by atoms with Crippen LogP contribution in [0.15, 0.2) is 263 Å². The topological polar surface area (TPSA) is 0 Å². The molecule has 8 saturated carbocycles. The van der Waals surface area contributed by atoms with Crippen molar-refractivity contribution in [2.24, 2.45) is 196 Å². The Bertz CT molecular complexity index is 4920. The molecular weight excluding hydrogens is 2080 g/mol. The molecule has 9 heteroatoms. The van der Waals surface area contributed by atoms with E-state index in [2.05, 4.69) is 433 Å². The van der Waals surface area contributed by atoms with Gasteiger partial charge in [-0.2, -0.15) is 0 Å². The summed E-state index contributed by atoms with van der Waals surface area (Å²) in [6, 6.07) is 46.9. The van der Waals surface area contributed by atoms with Crippen molar-refractivity contribution in [2.75, 3.05) is 0 Å². The van der Waals surface area contributed by atoms with Crippen molar-refractivity contribution < 1.29 is 62.5 Å². The molecule has 0 saturated heterocycles. The van der Waals surface area contributed by atoms with Crippen LogP contribution >= 0.6 is 51.1 Å². The average Bonchev–Trinajstić information content (AvgIpc) is 1.54. The fourth-order valence-corrected chi connectivity index (χ4v) is 29.8. The van der Waals surface area contributed by atoms with E-state index in [1.807, 2.05) is 0 Å². The molecule has 0 heterocycles. The zero-order chi connectivity index (χ0) is 99.7. The van der Waals surface area contributed by atoms with Gasteiger partial charge < -0.3 is 44.6 Å². The van der Waals surface area contributed by atoms with Crippen LogP contribution in [-0.2, 0) is 62.5 Å². The molecule has 142 heavy (non-hydrogen) atoms. The van der Waals surface area contributed by atoms with Gasteiger partial charge in [-0.1, -0.05) is 433 Å². The van der Waals surface area contributed by atoms with Crippen molar-refractivity contribution in [3.8, 4) is 0 Å². The first-order valence-electron chi connectivity index (χ1n) is 53.1. The van der Waals surface area contributed by atoms with Crippen molar-refractivity contribution in [1.82, 2.24) is 0 Å². The Balaban J connectivity index is 0.000000273. The minimum atomic E-state index is -0.826. The van der Waals surface area contributed by atoms with E-state index in [1.165, 1.54) is 86.5 Å². The molecule has 0 nitrogen and oxygen atoms in total. The Kier molecular flexibility index (Phi) is 44.9. The number of hydrogen-bond donors (Lipinski definition) is 0. The van der Waals surface area contributed by atoms with Gasteiger partial charge in [0.05, 0.1) is 0 Å². The number of fused-ring (bicyclic) bond motifs is 11. The van der Waals surface area contributed by atoms with Crippen LogP contribution in [-0.4, -0.2) is 0 Å². The van der Waals surface area contributed by atoms with Crippen LogP contribution in [0, 0.1) is 240 Å². The molecule has 0 amide bonds. The molecule has 14 aliphatic carbocycles. The van der Waals surface area contributed by atoms with Gasteiger partial charge in [0.25, 0.3) is 0 Å². The van der Waals surface area contributed by atoms with Crippen molar-refractivity contribution in [1.29, 1.82) is 0 Å². The molecule has 0 spiro atoms. The Morgan fingerprint density at radius 2 is 0.472 bits per heavy atom. The molecule has 8 fully saturated rings. The number of allylic oxidation sites excluding steroid dienone is 24. The summed E-state index contributed by atoms with van der Waals surface area (Å²) in [5, 5.41) is 0. The second-order valence-electron chi connectivity index (χ2n) is 55.0. The van der Waals surface area contributed by atoms with Gasteiger partial charge in [-0.3, -0.25) is 0 Å². The molecule has 0 N–H and O–H groups in total. The Morgan fingerprint density at radius 3 is 0.732 bits per heavy atom. The molecule has 14 aliphatic rings. The Labute approximate surface area is 931 Å². The third-order valence-corrected chi connectivity index (χ3v) is 37.9. The number of hydrogen-bond acceptors (Lipinski definition) is 0. The Hall–Kier alpha value is -1.85. The van der Waals surface area contributed by atoms with E-state index in [1.54, 1.807) is 44.5 Å². The van der Waals surface area contributed by atoms with Gasteiger partial charge in [0, 0.05) is 0 Å². The van der Waals surface area contributed by atoms with Crippen LogP contribution in [0.25, 0.3) is 0 Å². The Morgan fingerprint density at radius 1 is 0.261 bits per heavy atom. The van der Waals surface area contributed by atoms with E-state index in [0.29, 0.717) is 135 Å². The standard InChI is InChI=1S/C46H66.C43H56.C38H54.6CH3.6ClH.3Zr/c1-28-22-30(42(2,3)4)23-31(28)40(29-16-14-13-15-17-29)41-34-26-38-36(43(5,6)18-20-45(38,9)10)24-32(34)33-25-37-39(27-35(33)41)46(11,12)21-19-44(37,7)8;1-41(2,3)30-20-22-33-36(24-30)37-25-31(42(4,5)6)21-23-34(37)40(33)39(29-18-14-11-15-19-29)38-27-32(43(7,8)9)26-35(38)28-16-12-10-13-17-28;1-24-20-28(38(8,9)10)23-31(24)34(25-14-12-11-13-15-25)35-32-21-26(36(2,3)4)16-18-29(32)30-19-17-27(22-33(30)35)37(5,6)7;;;;;;;;;;;;;;;/h13-17,24-28,30-35,40-41H,18-23H2,1-12H3;10-25,32-40H,26-27H2,1-9H3;11-19,21-22,24,28-35H,20,23H2,1-10H3;6*1H3;6*1H;;;/q;;;6*-1;;;;;;;3*+4/p-6. The third kappa shape index (κ3) is 27.7. The predicted molar refractivity (Wildman–Crippen MR) is 621 cm³/mol. The SMILES string of the molecule is CC(C)(C)C1=CC2C3C=C(C(C)(C)C)C=CC3C(C(c3ccccc3)C3CC(C(C)(C)C)CC3c3ccccc3)C2C=C1.CC1CC(C(C)(C)C)CC1C(c1ccccc1)C1C2C=C(C(C)(C)C)C=CC2C2C=CC(C(C)(C)C)=CC21.CC1CC(C(C)(C)C)CC1C(c1ccccc1)C1C2C=C3C(=CC2C2C=C4C(=CC21)C(C)(C)CCC4(C)C)C(C)(C)CCC3(C)C.[CH3-].[CH3-].[CH3-].[CH3-].[CH3-].[CH3-].[Cl][Zr+2][Cl].[Cl][Zr+2][Cl].[Cl][Zr+2][Cl]. The average molecular weight is 2280 g/mol. The van der Waals surface area contributed by atoms with Crippen molar-refractivity contribution >= 4 is 51.1 Å². The fraction of sp³-hybridized carbons (Fsp3) is 0.594. The van der Waals surface area contributed by atoms with E-state index in [4.69, 9.17) is 51.1 Å². The summed E-state index contributed by atoms with van der Waals surface area (Å²) in [6.07, 6.45) is 56.3. The third-order valence-electron chi connectivity index (χ3n) is 37.9. The van der Waals surface area contributed by atoms with E-state index in [-0.39, 0.29) is 87.9 Å². The van der Waals surface area contributed by atoms with Gasteiger partial charge in [-0.15, -0.1) is 0 Å². The van der Waals surface area contributed by atoms with Crippen LogP contribution in [0.5, 0.6) is 0 Å². The molecule has 0 aromatic heterocycles. The van der Waals surface area contributed by atoms with Crippen LogP contribution in [0.2, 0.25) is 0 Å². The summed E-state index contributed by atoms with van der Waals surface area (Å²) in [7, 11) is 29.6. The van der Waals surface area contributed by atoms with Crippen molar-refractivity contribution in [3.63, 3.8) is 0 Å². The van der Waals surface area contributed by atoms with Crippen LogP contribution in [0.4, 0.5) is 0 Å². The zero-order valence-corrected chi connectivity index (χ0v) is 108. The monoisotopic (exact) mass is 2270 g/mol. The maximum absolute atomic E-state index is 4.93. The van der Waals surface area contributed by atoms with Crippen LogP contribution < -0.4 is 0 Å². The van der Waals surface area contributed by atoms with E-state index in [0.717, 1.165) is 41.4 Å². The second-order valence-corrected chi connectivity index (χ2v) is 66.2.